The Morgan fingerprint density at radius 2 is 2.04 bits per heavy atom. The van der Waals surface area contributed by atoms with E-state index < -0.39 is 0 Å². The van der Waals surface area contributed by atoms with Gasteiger partial charge in [0, 0.05) is 39.1 Å². The second-order valence-electron chi connectivity index (χ2n) is 7.76. The van der Waals surface area contributed by atoms with E-state index in [1.807, 2.05) is 0 Å². The lowest BCUT2D eigenvalue weighted by atomic mass is 9.84. The Morgan fingerprint density at radius 3 is 2.75 bits per heavy atom. The molecule has 24 heavy (non-hydrogen) atoms. The van der Waals surface area contributed by atoms with Crippen molar-refractivity contribution >= 4 is 17.2 Å². The van der Waals surface area contributed by atoms with E-state index in [9.17, 15) is 4.79 Å². The van der Waals surface area contributed by atoms with Crippen molar-refractivity contribution in [1.82, 2.24) is 9.80 Å². The number of nitrogens with zero attached hydrogens (tertiary/aromatic N) is 2. The summed E-state index contributed by atoms with van der Waals surface area (Å²) in [4.78, 5) is 17.0. The van der Waals surface area contributed by atoms with Crippen molar-refractivity contribution in [3.05, 3.63) is 22.4 Å². The summed E-state index contributed by atoms with van der Waals surface area (Å²) in [5.41, 5.74) is 1.48. The summed E-state index contributed by atoms with van der Waals surface area (Å²) >= 11 is 1.78. The van der Waals surface area contributed by atoms with E-state index in [1.54, 1.807) is 11.3 Å². The van der Waals surface area contributed by atoms with Crippen LogP contribution in [0, 0.1) is 5.92 Å². The maximum atomic E-state index is 12.4. The van der Waals surface area contributed by atoms with Crippen molar-refractivity contribution in [2.45, 2.75) is 50.7 Å². The van der Waals surface area contributed by atoms with Gasteiger partial charge in [0.1, 0.15) is 0 Å². The third-order valence-electron chi connectivity index (χ3n) is 5.96. The smallest absolute Gasteiger partial charge is 0.222 e. The second kappa shape index (κ2) is 7.14. The average molecular weight is 349 g/mol. The minimum atomic E-state index is 0.0566. The highest BCUT2D eigenvalue weighted by Crippen LogP contribution is 2.40. The number of thiophene rings is 1. The predicted octanol–water partition coefficient (Wildman–Crippen LogP) is 3.13. The molecule has 4 rings (SSSR count). The normalized spacial score (nSPS) is 27.2. The Labute approximate surface area is 148 Å². The molecule has 1 aromatic heterocycles. The highest BCUT2D eigenvalue weighted by atomic mass is 32.1. The van der Waals surface area contributed by atoms with E-state index in [-0.39, 0.29) is 5.60 Å². The molecule has 3 fully saturated rings. The van der Waals surface area contributed by atoms with Gasteiger partial charge in [-0.3, -0.25) is 9.69 Å². The van der Waals surface area contributed by atoms with Crippen molar-refractivity contribution in [3.8, 4) is 0 Å². The molecule has 3 saturated heterocycles. The van der Waals surface area contributed by atoms with Crippen LogP contribution in [0.2, 0.25) is 0 Å². The molecule has 1 spiro atoms. The molecule has 132 valence electrons. The summed E-state index contributed by atoms with van der Waals surface area (Å²) in [5, 5.41) is 4.40. The number of ether oxygens (including phenoxy) is 1. The first-order valence-corrected chi connectivity index (χ1v) is 10.3. The number of likely N-dealkylation sites (tertiary alicyclic amines) is 2. The first kappa shape index (κ1) is 16.6. The molecule has 1 aromatic rings. The van der Waals surface area contributed by atoms with Gasteiger partial charge < -0.3 is 9.64 Å². The van der Waals surface area contributed by atoms with Gasteiger partial charge in [-0.15, -0.1) is 0 Å². The number of carbonyl (C=O) groups is 1. The van der Waals surface area contributed by atoms with E-state index in [0.29, 0.717) is 18.2 Å². The molecule has 0 radical (unpaired) electrons. The monoisotopic (exact) mass is 348 g/mol. The van der Waals surface area contributed by atoms with Gasteiger partial charge in [0.25, 0.3) is 0 Å². The largest absolute Gasteiger partial charge is 0.375 e. The fourth-order valence-corrected chi connectivity index (χ4v) is 5.18. The van der Waals surface area contributed by atoms with Gasteiger partial charge in [0.05, 0.1) is 12.2 Å². The summed E-state index contributed by atoms with van der Waals surface area (Å²) in [6, 6.07) is 2.22. The number of hydrogen-bond acceptors (Lipinski definition) is 4. The van der Waals surface area contributed by atoms with Gasteiger partial charge in [-0.2, -0.15) is 11.3 Å². The van der Waals surface area contributed by atoms with Crippen molar-refractivity contribution in [2.24, 2.45) is 5.92 Å². The van der Waals surface area contributed by atoms with E-state index in [1.165, 1.54) is 18.4 Å². The molecule has 0 saturated carbocycles. The fraction of sp³-hybridized carbons (Fsp3) is 0.737. The Balaban J connectivity index is 1.25. The molecule has 3 aliphatic heterocycles. The maximum absolute atomic E-state index is 12.4. The van der Waals surface area contributed by atoms with Gasteiger partial charge in [0.15, 0.2) is 0 Å². The number of piperidine rings is 1. The van der Waals surface area contributed by atoms with E-state index in [4.69, 9.17) is 4.74 Å². The van der Waals surface area contributed by atoms with Crippen LogP contribution >= 0.6 is 11.3 Å². The maximum Gasteiger partial charge on any atom is 0.222 e. The second-order valence-corrected chi connectivity index (χ2v) is 8.54. The molecule has 1 atom stereocenters. The summed E-state index contributed by atoms with van der Waals surface area (Å²) < 4.78 is 6.25. The fourth-order valence-electron chi connectivity index (χ4n) is 4.52. The van der Waals surface area contributed by atoms with E-state index in [0.717, 1.165) is 58.6 Å². The first-order chi connectivity index (χ1) is 11.7. The Hall–Kier alpha value is -0.910. The Bertz CT molecular complexity index is 546. The SMILES string of the molecule is O=C(C[C@@H]1COC2(CCN(Cc3ccsc3)CC2)C1)N1CCCC1. The van der Waals surface area contributed by atoms with Crippen molar-refractivity contribution in [2.75, 3.05) is 32.8 Å². The standard InChI is InChI=1S/C19H28N2O2S/c22-18(21-6-1-2-7-21)11-17-12-19(23-14-17)4-8-20(9-5-19)13-16-3-10-24-15-16/h3,10,15,17H,1-2,4-9,11-14H2/t17-/m0/s1. The quantitative estimate of drug-likeness (QED) is 0.838. The van der Waals surface area contributed by atoms with Gasteiger partial charge in [-0.25, -0.2) is 0 Å². The molecular formula is C19H28N2O2S. The molecule has 4 heterocycles. The van der Waals surface area contributed by atoms with Crippen molar-refractivity contribution in [1.29, 1.82) is 0 Å². The summed E-state index contributed by atoms with van der Waals surface area (Å²) in [5.74, 6) is 0.787. The molecule has 0 aliphatic carbocycles. The molecule has 1 amide bonds. The van der Waals surface area contributed by atoms with Gasteiger partial charge in [0.2, 0.25) is 5.91 Å². The predicted molar refractivity (Wildman–Crippen MR) is 96.1 cm³/mol. The zero-order valence-corrected chi connectivity index (χ0v) is 15.2. The molecule has 0 bridgehead atoms. The lowest BCUT2D eigenvalue weighted by Gasteiger charge is -2.38. The molecule has 4 nitrogen and oxygen atoms in total. The molecule has 0 N–H and O–H groups in total. The average Bonchev–Trinajstić information content (AvgIpc) is 3.33. The summed E-state index contributed by atoms with van der Waals surface area (Å²) in [6.07, 6.45) is 6.37. The zero-order chi connectivity index (χ0) is 16.4. The van der Waals surface area contributed by atoms with Crippen LogP contribution in [-0.4, -0.2) is 54.1 Å². The van der Waals surface area contributed by atoms with Crippen molar-refractivity contribution in [3.63, 3.8) is 0 Å². The molecule has 3 aliphatic rings. The van der Waals surface area contributed by atoms with Crippen LogP contribution in [0.25, 0.3) is 0 Å². The van der Waals surface area contributed by atoms with Crippen LogP contribution in [0.1, 0.15) is 44.1 Å². The number of carbonyl (C=O) groups excluding carboxylic acids is 1. The van der Waals surface area contributed by atoms with Crippen LogP contribution < -0.4 is 0 Å². The molecular weight excluding hydrogens is 320 g/mol. The molecule has 0 aromatic carbocycles. The van der Waals surface area contributed by atoms with Gasteiger partial charge in [-0.05, 0) is 60.4 Å². The topological polar surface area (TPSA) is 32.8 Å². The molecule has 5 heteroatoms. The number of hydrogen-bond donors (Lipinski definition) is 0. The van der Waals surface area contributed by atoms with Crippen molar-refractivity contribution < 1.29 is 9.53 Å². The van der Waals surface area contributed by atoms with Crippen LogP contribution in [0.5, 0.6) is 0 Å². The Morgan fingerprint density at radius 1 is 1.25 bits per heavy atom. The summed E-state index contributed by atoms with van der Waals surface area (Å²) in [6.45, 7) is 6.01. The van der Waals surface area contributed by atoms with E-state index in [2.05, 4.69) is 26.6 Å². The third kappa shape index (κ3) is 3.68. The first-order valence-electron chi connectivity index (χ1n) is 9.38. The number of amides is 1. The summed E-state index contributed by atoms with van der Waals surface area (Å²) in [7, 11) is 0. The van der Waals surface area contributed by atoms with Crippen LogP contribution in [-0.2, 0) is 16.1 Å². The minimum Gasteiger partial charge on any atom is -0.375 e. The van der Waals surface area contributed by atoms with Crippen LogP contribution in [0.4, 0.5) is 0 Å². The number of rotatable bonds is 4. The van der Waals surface area contributed by atoms with E-state index >= 15 is 0 Å². The molecule has 0 unspecified atom stereocenters. The van der Waals surface area contributed by atoms with Crippen LogP contribution in [0.15, 0.2) is 16.8 Å². The zero-order valence-electron chi connectivity index (χ0n) is 14.4. The highest BCUT2D eigenvalue weighted by Gasteiger charge is 2.43. The van der Waals surface area contributed by atoms with Gasteiger partial charge in [-0.1, -0.05) is 0 Å². The lowest BCUT2D eigenvalue weighted by Crippen LogP contribution is -2.43. The lowest BCUT2D eigenvalue weighted by molar-refractivity contribution is -0.131. The van der Waals surface area contributed by atoms with Crippen LogP contribution in [0.3, 0.4) is 0 Å². The highest BCUT2D eigenvalue weighted by molar-refractivity contribution is 7.07. The Kier molecular flexibility index (Phi) is 4.93. The third-order valence-corrected chi connectivity index (χ3v) is 6.69. The van der Waals surface area contributed by atoms with Gasteiger partial charge >= 0.3 is 0 Å². The minimum absolute atomic E-state index is 0.0566.